The van der Waals surface area contributed by atoms with E-state index in [9.17, 15) is 0 Å². The molecule has 0 fully saturated rings. The Morgan fingerprint density at radius 2 is 2.10 bits per heavy atom. The van der Waals surface area contributed by atoms with Gasteiger partial charge in [-0.25, -0.2) is 0 Å². The summed E-state index contributed by atoms with van der Waals surface area (Å²) in [5.74, 6) is 1.49. The zero-order chi connectivity index (χ0) is 15.0. The van der Waals surface area contributed by atoms with Crippen LogP contribution >= 0.6 is 0 Å². The van der Waals surface area contributed by atoms with E-state index in [1.54, 1.807) is 0 Å². The number of nitrogens with zero attached hydrogens (tertiary/aromatic N) is 2. The van der Waals surface area contributed by atoms with E-state index in [0.29, 0.717) is 12.0 Å². The van der Waals surface area contributed by atoms with Gasteiger partial charge in [0.1, 0.15) is 0 Å². The molecule has 0 spiro atoms. The molecular weight excluding hydrogens is 248 g/mol. The Morgan fingerprint density at radius 1 is 1.35 bits per heavy atom. The lowest BCUT2D eigenvalue weighted by Gasteiger charge is -2.20. The minimum absolute atomic E-state index is 0.412. The van der Waals surface area contributed by atoms with Crippen molar-refractivity contribution in [2.75, 3.05) is 13.1 Å². The van der Waals surface area contributed by atoms with Crippen molar-refractivity contribution in [2.45, 2.75) is 47.1 Å². The third kappa shape index (κ3) is 5.59. The first-order chi connectivity index (χ1) is 9.54. The summed E-state index contributed by atoms with van der Waals surface area (Å²) in [5.41, 5.74) is 2.55. The molecule has 0 aromatic carbocycles. The molecular formula is C16H28N4. The van der Waals surface area contributed by atoms with Gasteiger partial charge in [-0.3, -0.25) is 9.98 Å². The highest BCUT2D eigenvalue weighted by Gasteiger charge is 2.08. The zero-order valence-electron chi connectivity index (χ0n) is 13.4. The highest BCUT2D eigenvalue weighted by atomic mass is 15.2. The molecule has 1 unspecified atom stereocenters. The summed E-state index contributed by atoms with van der Waals surface area (Å²) in [6.07, 6.45) is 4.70. The predicted octanol–water partition coefficient (Wildman–Crippen LogP) is 2.53. The summed E-state index contributed by atoms with van der Waals surface area (Å²) >= 11 is 0. The molecule has 112 valence electrons. The van der Waals surface area contributed by atoms with Crippen LogP contribution in [0.1, 0.15) is 38.8 Å². The van der Waals surface area contributed by atoms with Gasteiger partial charge in [-0.2, -0.15) is 0 Å². The van der Waals surface area contributed by atoms with Gasteiger partial charge in [-0.05, 0) is 50.3 Å². The van der Waals surface area contributed by atoms with Crippen LogP contribution in [0, 0.1) is 12.8 Å². The molecule has 4 heteroatoms. The molecule has 20 heavy (non-hydrogen) atoms. The van der Waals surface area contributed by atoms with Gasteiger partial charge < -0.3 is 10.6 Å². The van der Waals surface area contributed by atoms with Crippen molar-refractivity contribution in [3.63, 3.8) is 0 Å². The maximum absolute atomic E-state index is 4.65. The van der Waals surface area contributed by atoms with Crippen LogP contribution in [0.15, 0.2) is 23.5 Å². The number of nitrogens with one attached hydrogen (secondary N) is 2. The normalized spacial score (nSPS) is 13.4. The number of aliphatic imine (C=N–C) groups is 1. The second-order valence-corrected chi connectivity index (χ2v) is 5.49. The van der Waals surface area contributed by atoms with E-state index in [-0.39, 0.29) is 0 Å². The molecule has 0 saturated heterocycles. The molecule has 0 aliphatic carbocycles. The largest absolute Gasteiger partial charge is 0.357 e. The molecule has 0 radical (unpaired) electrons. The summed E-state index contributed by atoms with van der Waals surface area (Å²) < 4.78 is 0. The molecule has 0 amide bonds. The van der Waals surface area contributed by atoms with Crippen molar-refractivity contribution in [3.05, 3.63) is 29.6 Å². The van der Waals surface area contributed by atoms with E-state index in [1.807, 2.05) is 12.4 Å². The molecule has 4 nitrogen and oxygen atoms in total. The second-order valence-electron chi connectivity index (χ2n) is 5.49. The van der Waals surface area contributed by atoms with Crippen molar-refractivity contribution in [1.29, 1.82) is 0 Å². The van der Waals surface area contributed by atoms with Gasteiger partial charge in [0.25, 0.3) is 0 Å². The highest BCUT2D eigenvalue weighted by molar-refractivity contribution is 5.80. The maximum Gasteiger partial charge on any atom is 0.191 e. The Bertz CT molecular complexity index is 426. The fraction of sp³-hybridized carbons (Fsp3) is 0.625. The van der Waals surface area contributed by atoms with Gasteiger partial charge in [-0.15, -0.1) is 0 Å². The number of aryl methyl sites for hydroxylation is 1. The third-order valence-corrected chi connectivity index (χ3v) is 3.50. The van der Waals surface area contributed by atoms with Crippen LogP contribution in [0.4, 0.5) is 0 Å². The van der Waals surface area contributed by atoms with Crippen molar-refractivity contribution in [2.24, 2.45) is 10.9 Å². The SMILES string of the molecule is CCNC(=NCCc1ccncc1C)NC(C)C(C)C. The molecule has 1 rings (SSSR count). The zero-order valence-corrected chi connectivity index (χ0v) is 13.4. The van der Waals surface area contributed by atoms with Crippen molar-refractivity contribution >= 4 is 5.96 Å². The van der Waals surface area contributed by atoms with Gasteiger partial charge >= 0.3 is 0 Å². The molecule has 0 aliphatic heterocycles. The molecule has 1 aromatic rings. The van der Waals surface area contributed by atoms with Crippen molar-refractivity contribution in [3.8, 4) is 0 Å². The second kappa shape index (κ2) is 8.56. The summed E-state index contributed by atoms with van der Waals surface area (Å²) in [4.78, 5) is 8.76. The van der Waals surface area contributed by atoms with Crippen LogP contribution in [-0.2, 0) is 6.42 Å². The maximum atomic E-state index is 4.65. The van der Waals surface area contributed by atoms with E-state index < -0.39 is 0 Å². The molecule has 0 bridgehead atoms. The number of rotatable bonds is 6. The van der Waals surface area contributed by atoms with Gasteiger partial charge in [0.05, 0.1) is 0 Å². The average molecular weight is 276 g/mol. The van der Waals surface area contributed by atoms with E-state index in [2.05, 4.69) is 61.3 Å². The van der Waals surface area contributed by atoms with Crippen molar-refractivity contribution in [1.82, 2.24) is 15.6 Å². The van der Waals surface area contributed by atoms with Crippen LogP contribution in [0.25, 0.3) is 0 Å². The van der Waals surface area contributed by atoms with Crippen LogP contribution in [0.3, 0.4) is 0 Å². The standard InChI is InChI=1S/C16H28N4/c1-6-18-16(20-14(5)12(2)3)19-10-8-15-7-9-17-11-13(15)4/h7,9,11-12,14H,6,8,10H2,1-5H3,(H2,18,19,20). The third-order valence-electron chi connectivity index (χ3n) is 3.50. The predicted molar refractivity (Wildman–Crippen MR) is 86.1 cm³/mol. The Labute approximate surface area is 123 Å². The van der Waals surface area contributed by atoms with E-state index in [4.69, 9.17) is 0 Å². The van der Waals surface area contributed by atoms with E-state index in [0.717, 1.165) is 25.5 Å². The van der Waals surface area contributed by atoms with Crippen molar-refractivity contribution < 1.29 is 0 Å². The van der Waals surface area contributed by atoms with Crippen LogP contribution < -0.4 is 10.6 Å². The quantitative estimate of drug-likeness (QED) is 0.620. The molecule has 0 aliphatic rings. The number of hydrogen-bond donors (Lipinski definition) is 2. The summed E-state index contributed by atoms with van der Waals surface area (Å²) in [6.45, 7) is 12.4. The van der Waals surface area contributed by atoms with Gasteiger partial charge in [0, 0.05) is 31.5 Å². The lowest BCUT2D eigenvalue weighted by Crippen LogP contribution is -2.44. The fourth-order valence-electron chi connectivity index (χ4n) is 1.77. The first kappa shape index (κ1) is 16.5. The topological polar surface area (TPSA) is 49.3 Å². The van der Waals surface area contributed by atoms with Crippen LogP contribution in [0.5, 0.6) is 0 Å². The number of pyridine rings is 1. The molecule has 1 heterocycles. The molecule has 1 aromatic heterocycles. The first-order valence-corrected chi connectivity index (χ1v) is 7.49. The number of aromatic nitrogens is 1. The fourth-order valence-corrected chi connectivity index (χ4v) is 1.77. The lowest BCUT2D eigenvalue weighted by molar-refractivity contribution is 0.481. The first-order valence-electron chi connectivity index (χ1n) is 7.49. The summed E-state index contributed by atoms with van der Waals surface area (Å²) in [6, 6.07) is 2.48. The Hall–Kier alpha value is -1.58. The number of guanidine groups is 1. The lowest BCUT2D eigenvalue weighted by atomic mass is 10.1. The summed E-state index contributed by atoms with van der Waals surface area (Å²) in [7, 11) is 0. The van der Waals surface area contributed by atoms with E-state index in [1.165, 1.54) is 11.1 Å². The Kier molecular flexibility index (Phi) is 7.05. The monoisotopic (exact) mass is 276 g/mol. The molecule has 0 saturated carbocycles. The molecule has 2 N–H and O–H groups in total. The van der Waals surface area contributed by atoms with E-state index >= 15 is 0 Å². The minimum atomic E-state index is 0.412. The van der Waals surface area contributed by atoms with Gasteiger partial charge in [0.2, 0.25) is 0 Å². The summed E-state index contributed by atoms with van der Waals surface area (Å²) in [5, 5.41) is 6.74. The van der Waals surface area contributed by atoms with Gasteiger partial charge in [0.15, 0.2) is 5.96 Å². The highest BCUT2D eigenvalue weighted by Crippen LogP contribution is 2.05. The Morgan fingerprint density at radius 3 is 2.70 bits per heavy atom. The average Bonchev–Trinajstić information content (AvgIpc) is 2.41. The van der Waals surface area contributed by atoms with Gasteiger partial charge in [-0.1, -0.05) is 13.8 Å². The number of hydrogen-bond acceptors (Lipinski definition) is 2. The molecule has 1 atom stereocenters. The van der Waals surface area contributed by atoms with Crippen LogP contribution in [0.2, 0.25) is 0 Å². The minimum Gasteiger partial charge on any atom is -0.357 e. The van der Waals surface area contributed by atoms with Crippen LogP contribution in [-0.4, -0.2) is 30.1 Å². The Balaban J connectivity index is 2.57. The smallest absolute Gasteiger partial charge is 0.191 e.